The molecule has 0 aliphatic carbocycles. The van der Waals surface area contributed by atoms with Crippen molar-refractivity contribution < 1.29 is 9.53 Å². The molecule has 1 N–H and O–H groups in total. The van der Waals surface area contributed by atoms with Gasteiger partial charge in [-0.25, -0.2) is 10.1 Å². The van der Waals surface area contributed by atoms with Gasteiger partial charge in [-0.3, -0.25) is 9.59 Å². The number of rotatable bonds is 4. The fraction of sp³-hybridized carbons (Fsp3) is 0.438. The van der Waals surface area contributed by atoms with Crippen LogP contribution < -0.4 is 15.2 Å². The molecule has 1 saturated heterocycles. The fourth-order valence-corrected chi connectivity index (χ4v) is 2.62. The van der Waals surface area contributed by atoms with Crippen LogP contribution in [0, 0.1) is 6.92 Å². The zero-order valence-corrected chi connectivity index (χ0v) is 14.2. The van der Waals surface area contributed by atoms with E-state index in [1.807, 2.05) is 18.7 Å². The van der Waals surface area contributed by atoms with E-state index in [2.05, 4.69) is 20.2 Å². The van der Waals surface area contributed by atoms with Crippen molar-refractivity contribution in [1.82, 2.24) is 25.1 Å². The molecule has 1 aliphatic heterocycles. The van der Waals surface area contributed by atoms with E-state index in [4.69, 9.17) is 4.74 Å². The minimum absolute atomic E-state index is 0.198. The van der Waals surface area contributed by atoms with Gasteiger partial charge in [0.1, 0.15) is 5.69 Å². The van der Waals surface area contributed by atoms with Gasteiger partial charge in [-0.2, -0.15) is 10.1 Å². The maximum absolute atomic E-state index is 12.4. The zero-order valence-electron chi connectivity index (χ0n) is 14.2. The SMILES string of the molecule is CCOc1cc(C)nc(N2CCN(C(=O)c3ccc(=O)[nH]n3)CC2)n1. The molecule has 3 heterocycles. The maximum atomic E-state index is 12.4. The number of carbonyl (C=O) groups excluding carboxylic acids is 1. The summed E-state index contributed by atoms with van der Waals surface area (Å²) in [5, 5.41) is 6.07. The summed E-state index contributed by atoms with van der Waals surface area (Å²) in [6.07, 6.45) is 0. The van der Waals surface area contributed by atoms with Crippen LogP contribution in [-0.4, -0.2) is 63.8 Å². The molecule has 2 aromatic rings. The molecular weight excluding hydrogens is 324 g/mol. The first-order chi connectivity index (χ1) is 12.1. The van der Waals surface area contributed by atoms with E-state index < -0.39 is 0 Å². The van der Waals surface area contributed by atoms with Gasteiger partial charge >= 0.3 is 0 Å². The highest BCUT2D eigenvalue weighted by atomic mass is 16.5. The molecule has 9 heteroatoms. The van der Waals surface area contributed by atoms with Crippen LogP contribution in [0.5, 0.6) is 5.88 Å². The molecule has 3 rings (SSSR count). The summed E-state index contributed by atoms with van der Waals surface area (Å²) < 4.78 is 5.47. The van der Waals surface area contributed by atoms with Crippen LogP contribution in [0.2, 0.25) is 0 Å². The van der Waals surface area contributed by atoms with Gasteiger partial charge in [-0.15, -0.1) is 0 Å². The lowest BCUT2D eigenvalue weighted by Crippen LogP contribution is -2.49. The van der Waals surface area contributed by atoms with Crippen molar-refractivity contribution in [3.05, 3.63) is 39.9 Å². The summed E-state index contributed by atoms with van der Waals surface area (Å²) >= 11 is 0. The quantitative estimate of drug-likeness (QED) is 0.846. The molecule has 9 nitrogen and oxygen atoms in total. The number of H-pyrrole nitrogens is 1. The number of aromatic nitrogens is 4. The van der Waals surface area contributed by atoms with Gasteiger partial charge in [0.05, 0.1) is 6.61 Å². The summed E-state index contributed by atoms with van der Waals surface area (Å²) in [6, 6.07) is 4.53. The number of piperazine rings is 1. The molecule has 0 radical (unpaired) electrons. The van der Waals surface area contributed by atoms with Gasteiger partial charge in [-0.1, -0.05) is 0 Å². The first-order valence-corrected chi connectivity index (χ1v) is 8.15. The topological polar surface area (TPSA) is 104 Å². The average Bonchev–Trinajstić information content (AvgIpc) is 2.62. The normalized spacial score (nSPS) is 14.5. The zero-order chi connectivity index (χ0) is 17.8. The summed E-state index contributed by atoms with van der Waals surface area (Å²) in [5.74, 6) is 0.967. The monoisotopic (exact) mass is 344 g/mol. The van der Waals surface area contributed by atoms with E-state index in [0.29, 0.717) is 44.6 Å². The Morgan fingerprint density at radius 2 is 2.00 bits per heavy atom. The predicted molar refractivity (Wildman–Crippen MR) is 90.9 cm³/mol. The Bertz CT molecular complexity index is 793. The minimum atomic E-state index is -0.330. The highest BCUT2D eigenvalue weighted by molar-refractivity contribution is 5.92. The Hall–Kier alpha value is -2.97. The molecular formula is C16H20N6O3. The molecule has 0 bridgehead atoms. The van der Waals surface area contributed by atoms with Crippen molar-refractivity contribution in [2.45, 2.75) is 13.8 Å². The lowest BCUT2D eigenvalue weighted by Gasteiger charge is -2.34. The molecule has 132 valence electrons. The Labute approximate surface area is 144 Å². The molecule has 1 amide bonds. The molecule has 0 atom stereocenters. The van der Waals surface area contributed by atoms with Gasteiger partial charge in [0.2, 0.25) is 11.8 Å². The van der Waals surface area contributed by atoms with Gasteiger partial charge in [0.25, 0.3) is 11.5 Å². The van der Waals surface area contributed by atoms with Crippen LogP contribution in [0.3, 0.4) is 0 Å². The smallest absolute Gasteiger partial charge is 0.274 e. The third-order valence-electron chi connectivity index (χ3n) is 3.86. The predicted octanol–water partition coefficient (Wildman–Crippen LogP) is 0.229. The van der Waals surface area contributed by atoms with Crippen molar-refractivity contribution in [2.24, 2.45) is 0 Å². The van der Waals surface area contributed by atoms with Crippen LogP contribution in [0.15, 0.2) is 23.0 Å². The number of nitrogens with zero attached hydrogens (tertiary/aromatic N) is 5. The van der Waals surface area contributed by atoms with Gasteiger partial charge < -0.3 is 14.5 Å². The van der Waals surface area contributed by atoms with Crippen molar-refractivity contribution in [1.29, 1.82) is 0 Å². The lowest BCUT2D eigenvalue weighted by molar-refractivity contribution is 0.0739. The van der Waals surface area contributed by atoms with Crippen LogP contribution in [0.4, 0.5) is 5.95 Å². The summed E-state index contributed by atoms with van der Waals surface area (Å²) in [7, 11) is 0. The first-order valence-electron chi connectivity index (χ1n) is 8.15. The van der Waals surface area contributed by atoms with E-state index in [1.165, 1.54) is 12.1 Å². The minimum Gasteiger partial charge on any atom is -0.478 e. The first kappa shape index (κ1) is 16.9. The summed E-state index contributed by atoms with van der Waals surface area (Å²) in [5.41, 5.74) is 0.742. The molecule has 2 aromatic heterocycles. The molecule has 25 heavy (non-hydrogen) atoms. The lowest BCUT2D eigenvalue weighted by atomic mass is 10.2. The second-order valence-electron chi connectivity index (χ2n) is 5.67. The number of hydrogen-bond acceptors (Lipinski definition) is 7. The highest BCUT2D eigenvalue weighted by Crippen LogP contribution is 2.17. The van der Waals surface area contributed by atoms with Crippen molar-refractivity contribution in [3.63, 3.8) is 0 Å². The van der Waals surface area contributed by atoms with E-state index in [1.54, 1.807) is 11.0 Å². The Balaban J connectivity index is 1.66. The number of hydrogen-bond donors (Lipinski definition) is 1. The number of carbonyl (C=O) groups is 1. The summed E-state index contributed by atoms with van der Waals surface area (Å²) in [6.45, 7) is 6.64. The number of aryl methyl sites for hydroxylation is 1. The summed E-state index contributed by atoms with van der Waals surface area (Å²) in [4.78, 5) is 36.1. The highest BCUT2D eigenvalue weighted by Gasteiger charge is 2.24. The Morgan fingerprint density at radius 3 is 2.64 bits per heavy atom. The molecule has 1 fully saturated rings. The number of anilines is 1. The fourth-order valence-electron chi connectivity index (χ4n) is 2.62. The van der Waals surface area contributed by atoms with Crippen molar-refractivity contribution >= 4 is 11.9 Å². The van der Waals surface area contributed by atoms with E-state index in [0.717, 1.165) is 5.69 Å². The van der Waals surface area contributed by atoms with Gasteiger partial charge in [-0.05, 0) is 19.9 Å². The second-order valence-corrected chi connectivity index (χ2v) is 5.67. The molecule has 0 unspecified atom stereocenters. The largest absolute Gasteiger partial charge is 0.478 e. The third kappa shape index (κ3) is 3.93. The van der Waals surface area contributed by atoms with E-state index in [-0.39, 0.29) is 17.2 Å². The number of nitrogens with one attached hydrogen (secondary N) is 1. The maximum Gasteiger partial charge on any atom is 0.274 e. The molecule has 0 spiro atoms. The number of ether oxygens (including phenoxy) is 1. The van der Waals surface area contributed by atoms with E-state index in [9.17, 15) is 9.59 Å². The van der Waals surface area contributed by atoms with Crippen LogP contribution in [0.1, 0.15) is 23.1 Å². The Morgan fingerprint density at radius 1 is 1.24 bits per heavy atom. The number of amides is 1. The van der Waals surface area contributed by atoms with Crippen LogP contribution in [-0.2, 0) is 0 Å². The third-order valence-corrected chi connectivity index (χ3v) is 3.86. The molecule has 0 aromatic carbocycles. The molecule has 1 aliphatic rings. The second kappa shape index (κ2) is 7.29. The standard InChI is InChI=1S/C16H20N6O3/c1-3-25-14-10-11(2)17-16(18-14)22-8-6-21(7-9-22)15(24)12-4-5-13(23)20-19-12/h4-5,10H,3,6-9H2,1-2H3,(H,20,23). The van der Waals surface area contributed by atoms with Crippen LogP contribution >= 0.6 is 0 Å². The van der Waals surface area contributed by atoms with Gasteiger partial charge in [0.15, 0.2) is 0 Å². The van der Waals surface area contributed by atoms with Crippen LogP contribution in [0.25, 0.3) is 0 Å². The molecule has 0 saturated carbocycles. The average molecular weight is 344 g/mol. The number of aromatic amines is 1. The van der Waals surface area contributed by atoms with Crippen molar-refractivity contribution in [3.8, 4) is 5.88 Å². The van der Waals surface area contributed by atoms with E-state index >= 15 is 0 Å². The van der Waals surface area contributed by atoms with Gasteiger partial charge in [0, 0.05) is 44.0 Å². The Kier molecular flexibility index (Phi) is 4.92. The van der Waals surface area contributed by atoms with Crippen molar-refractivity contribution in [2.75, 3.05) is 37.7 Å².